The lowest BCUT2D eigenvalue weighted by Crippen LogP contribution is -2.13. The van der Waals surface area contributed by atoms with Crippen LogP contribution in [0, 0.1) is 12.3 Å². The van der Waals surface area contributed by atoms with Gasteiger partial charge in [-0.15, -0.1) is 0 Å². The van der Waals surface area contributed by atoms with Gasteiger partial charge >= 0.3 is 5.97 Å². The number of allylic oxidation sites excluding steroid dienone is 1. The number of rotatable bonds is 4. The predicted octanol–water partition coefficient (Wildman–Crippen LogP) is 3.20. The third-order valence-electron chi connectivity index (χ3n) is 2.58. The second kappa shape index (κ2) is 4.97. The van der Waals surface area contributed by atoms with Gasteiger partial charge in [0.2, 0.25) is 0 Å². The average molecular weight is 218 g/mol. The SMILES string of the molecule is Cc1ccccc1CC(C)(C)/C=C/C(=O)O. The summed E-state index contributed by atoms with van der Waals surface area (Å²) in [6, 6.07) is 8.19. The smallest absolute Gasteiger partial charge is 0.327 e. The van der Waals surface area contributed by atoms with Crippen LogP contribution in [-0.2, 0) is 11.2 Å². The fourth-order valence-electron chi connectivity index (χ4n) is 1.66. The highest BCUT2D eigenvalue weighted by Crippen LogP contribution is 2.25. The maximum Gasteiger partial charge on any atom is 0.327 e. The molecular formula is C14H18O2. The molecule has 0 aliphatic rings. The van der Waals surface area contributed by atoms with Crippen molar-refractivity contribution in [3.05, 3.63) is 47.5 Å². The van der Waals surface area contributed by atoms with E-state index in [0.29, 0.717) is 0 Å². The molecule has 2 nitrogen and oxygen atoms in total. The van der Waals surface area contributed by atoms with Gasteiger partial charge in [-0.05, 0) is 29.9 Å². The van der Waals surface area contributed by atoms with Crippen molar-refractivity contribution in [2.24, 2.45) is 5.41 Å². The minimum atomic E-state index is -0.891. The lowest BCUT2D eigenvalue weighted by atomic mass is 9.84. The zero-order chi connectivity index (χ0) is 12.2. The van der Waals surface area contributed by atoms with E-state index in [1.807, 2.05) is 26.0 Å². The largest absolute Gasteiger partial charge is 0.478 e. The number of hydrogen-bond acceptors (Lipinski definition) is 1. The summed E-state index contributed by atoms with van der Waals surface area (Å²) in [5.74, 6) is -0.891. The summed E-state index contributed by atoms with van der Waals surface area (Å²) in [5.41, 5.74) is 2.38. The summed E-state index contributed by atoms with van der Waals surface area (Å²) in [4.78, 5) is 10.5. The molecule has 2 heteroatoms. The molecular weight excluding hydrogens is 200 g/mol. The molecule has 1 rings (SSSR count). The van der Waals surface area contributed by atoms with E-state index in [1.165, 1.54) is 17.2 Å². The summed E-state index contributed by atoms with van der Waals surface area (Å²) < 4.78 is 0. The number of hydrogen-bond donors (Lipinski definition) is 1. The van der Waals surface area contributed by atoms with Gasteiger partial charge in [0.25, 0.3) is 0 Å². The van der Waals surface area contributed by atoms with Gasteiger partial charge in [-0.1, -0.05) is 44.2 Å². The fourth-order valence-corrected chi connectivity index (χ4v) is 1.66. The van der Waals surface area contributed by atoms with Crippen molar-refractivity contribution in [2.75, 3.05) is 0 Å². The highest BCUT2D eigenvalue weighted by molar-refractivity contribution is 5.79. The van der Waals surface area contributed by atoms with Gasteiger partial charge in [0.1, 0.15) is 0 Å². The first-order chi connectivity index (χ1) is 7.41. The van der Waals surface area contributed by atoms with Crippen LogP contribution in [0.1, 0.15) is 25.0 Å². The Balaban J connectivity index is 2.80. The Kier molecular flexibility index (Phi) is 3.88. The molecule has 0 aliphatic carbocycles. The molecule has 0 saturated heterocycles. The number of aliphatic carboxylic acids is 1. The molecule has 0 atom stereocenters. The van der Waals surface area contributed by atoms with E-state index in [-0.39, 0.29) is 5.41 Å². The zero-order valence-corrected chi connectivity index (χ0v) is 10.0. The molecule has 16 heavy (non-hydrogen) atoms. The van der Waals surface area contributed by atoms with E-state index in [1.54, 1.807) is 6.08 Å². The molecule has 0 saturated carbocycles. The Morgan fingerprint density at radius 1 is 1.38 bits per heavy atom. The molecule has 0 spiro atoms. The summed E-state index contributed by atoms with van der Waals surface area (Å²) in [7, 11) is 0. The Hall–Kier alpha value is -1.57. The molecule has 1 aromatic rings. The second-order valence-corrected chi connectivity index (χ2v) is 4.76. The third kappa shape index (κ3) is 3.89. The average Bonchev–Trinajstić information content (AvgIpc) is 2.19. The van der Waals surface area contributed by atoms with Crippen molar-refractivity contribution < 1.29 is 9.90 Å². The van der Waals surface area contributed by atoms with Gasteiger partial charge in [-0.25, -0.2) is 4.79 Å². The molecule has 86 valence electrons. The summed E-state index contributed by atoms with van der Waals surface area (Å²) >= 11 is 0. The van der Waals surface area contributed by atoms with Gasteiger partial charge in [-0.2, -0.15) is 0 Å². The molecule has 1 aromatic carbocycles. The third-order valence-corrected chi connectivity index (χ3v) is 2.58. The predicted molar refractivity (Wildman–Crippen MR) is 65.4 cm³/mol. The zero-order valence-electron chi connectivity index (χ0n) is 10.0. The fraction of sp³-hybridized carbons (Fsp3) is 0.357. The van der Waals surface area contributed by atoms with Crippen LogP contribution >= 0.6 is 0 Å². The first-order valence-corrected chi connectivity index (χ1v) is 5.37. The molecule has 0 bridgehead atoms. The standard InChI is InChI=1S/C14H18O2/c1-11-6-4-5-7-12(11)10-14(2,3)9-8-13(15)16/h4-9H,10H2,1-3H3,(H,15,16)/b9-8+. The number of aryl methyl sites for hydroxylation is 1. The Morgan fingerprint density at radius 2 is 2.00 bits per heavy atom. The lowest BCUT2D eigenvalue weighted by Gasteiger charge is -2.21. The first kappa shape index (κ1) is 12.5. The highest BCUT2D eigenvalue weighted by atomic mass is 16.4. The topological polar surface area (TPSA) is 37.3 Å². The number of carboxylic acid groups (broad SMARTS) is 1. The van der Waals surface area contributed by atoms with E-state index in [9.17, 15) is 4.79 Å². The van der Waals surface area contributed by atoms with Gasteiger partial charge in [0.15, 0.2) is 0 Å². The molecule has 0 amide bonds. The van der Waals surface area contributed by atoms with Crippen molar-refractivity contribution in [2.45, 2.75) is 27.2 Å². The van der Waals surface area contributed by atoms with Gasteiger partial charge in [-0.3, -0.25) is 0 Å². The Morgan fingerprint density at radius 3 is 2.56 bits per heavy atom. The number of benzene rings is 1. The van der Waals surface area contributed by atoms with Crippen LogP contribution in [0.25, 0.3) is 0 Å². The molecule has 0 radical (unpaired) electrons. The molecule has 1 N–H and O–H groups in total. The Labute approximate surface area is 96.6 Å². The van der Waals surface area contributed by atoms with E-state index < -0.39 is 5.97 Å². The minimum absolute atomic E-state index is 0.134. The Bertz CT molecular complexity index is 403. The van der Waals surface area contributed by atoms with Crippen molar-refractivity contribution in [1.29, 1.82) is 0 Å². The summed E-state index contributed by atoms with van der Waals surface area (Å²) in [6.45, 7) is 6.16. The monoisotopic (exact) mass is 218 g/mol. The first-order valence-electron chi connectivity index (χ1n) is 5.37. The van der Waals surface area contributed by atoms with Crippen LogP contribution in [0.15, 0.2) is 36.4 Å². The van der Waals surface area contributed by atoms with Crippen LogP contribution in [-0.4, -0.2) is 11.1 Å². The molecule has 0 aliphatic heterocycles. The van der Waals surface area contributed by atoms with Crippen molar-refractivity contribution >= 4 is 5.97 Å². The van der Waals surface area contributed by atoms with Crippen molar-refractivity contribution in [1.82, 2.24) is 0 Å². The van der Waals surface area contributed by atoms with Crippen LogP contribution in [0.4, 0.5) is 0 Å². The highest BCUT2D eigenvalue weighted by Gasteiger charge is 2.16. The quantitative estimate of drug-likeness (QED) is 0.788. The van der Waals surface area contributed by atoms with Crippen LogP contribution in [0.5, 0.6) is 0 Å². The van der Waals surface area contributed by atoms with Crippen molar-refractivity contribution in [3.63, 3.8) is 0 Å². The number of carboxylic acids is 1. The molecule has 0 heterocycles. The normalized spacial score (nSPS) is 11.9. The summed E-state index contributed by atoms with van der Waals surface area (Å²) in [6.07, 6.45) is 3.82. The van der Waals surface area contributed by atoms with E-state index in [0.717, 1.165) is 6.42 Å². The van der Waals surface area contributed by atoms with E-state index >= 15 is 0 Å². The van der Waals surface area contributed by atoms with Gasteiger partial charge in [0, 0.05) is 6.08 Å². The molecule has 0 aromatic heterocycles. The summed E-state index contributed by atoms with van der Waals surface area (Å²) in [5, 5.41) is 8.61. The van der Waals surface area contributed by atoms with Gasteiger partial charge < -0.3 is 5.11 Å². The van der Waals surface area contributed by atoms with Crippen molar-refractivity contribution in [3.8, 4) is 0 Å². The van der Waals surface area contributed by atoms with E-state index in [2.05, 4.69) is 19.1 Å². The molecule has 0 unspecified atom stereocenters. The molecule has 0 fully saturated rings. The second-order valence-electron chi connectivity index (χ2n) is 4.76. The number of carbonyl (C=O) groups is 1. The van der Waals surface area contributed by atoms with Crippen LogP contribution < -0.4 is 0 Å². The minimum Gasteiger partial charge on any atom is -0.478 e. The lowest BCUT2D eigenvalue weighted by molar-refractivity contribution is -0.131. The van der Waals surface area contributed by atoms with Crippen LogP contribution in [0.2, 0.25) is 0 Å². The maximum atomic E-state index is 10.5. The maximum absolute atomic E-state index is 10.5. The van der Waals surface area contributed by atoms with Gasteiger partial charge in [0.05, 0.1) is 0 Å². The van der Waals surface area contributed by atoms with Crippen LogP contribution in [0.3, 0.4) is 0 Å². The van der Waals surface area contributed by atoms with E-state index in [4.69, 9.17) is 5.11 Å².